The molecule has 1 unspecified atom stereocenters. The molecule has 1 N–H and O–H groups in total. The third-order valence-corrected chi connectivity index (χ3v) is 2.87. The van der Waals surface area contributed by atoms with Crippen molar-refractivity contribution < 1.29 is 4.74 Å². The molecule has 16 heavy (non-hydrogen) atoms. The van der Waals surface area contributed by atoms with Gasteiger partial charge in [0.15, 0.2) is 0 Å². The summed E-state index contributed by atoms with van der Waals surface area (Å²) in [6.07, 6.45) is 0. The van der Waals surface area contributed by atoms with Gasteiger partial charge in [0.2, 0.25) is 5.13 Å². The first-order valence-electron chi connectivity index (χ1n) is 5.14. The topological polar surface area (TPSA) is 47.0 Å². The molecule has 1 heterocycles. The number of rotatable bonds is 5. The Balaban J connectivity index is 2.47. The van der Waals surface area contributed by atoms with Gasteiger partial charge in [-0.1, -0.05) is 20.8 Å². The van der Waals surface area contributed by atoms with Crippen molar-refractivity contribution in [3.63, 3.8) is 0 Å². The van der Waals surface area contributed by atoms with E-state index >= 15 is 0 Å². The molecule has 0 fully saturated rings. The van der Waals surface area contributed by atoms with Crippen LogP contribution in [0.5, 0.6) is 0 Å². The van der Waals surface area contributed by atoms with Crippen molar-refractivity contribution >= 4 is 28.3 Å². The maximum absolute atomic E-state index is 6.00. The maximum atomic E-state index is 6.00. The van der Waals surface area contributed by atoms with Gasteiger partial charge in [-0.05, 0) is 0 Å². The van der Waals surface area contributed by atoms with Crippen molar-refractivity contribution in [3.8, 4) is 0 Å². The van der Waals surface area contributed by atoms with Crippen LogP contribution >= 0.6 is 23.1 Å². The van der Waals surface area contributed by atoms with Crippen LogP contribution in [0.1, 0.15) is 26.6 Å². The highest BCUT2D eigenvalue weighted by atomic mass is 35.5. The largest absolute Gasteiger partial charge is 0.383 e. The fraction of sp³-hybridized carbons (Fsp3) is 0.800. The third kappa shape index (κ3) is 4.23. The summed E-state index contributed by atoms with van der Waals surface area (Å²) in [5.41, 5.74) is -0.0106. The molecule has 0 radical (unpaired) electrons. The molecule has 0 spiro atoms. The van der Waals surface area contributed by atoms with E-state index < -0.39 is 0 Å². The van der Waals surface area contributed by atoms with Gasteiger partial charge in [-0.2, -0.15) is 4.37 Å². The number of hydrogen-bond acceptors (Lipinski definition) is 5. The lowest BCUT2D eigenvalue weighted by molar-refractivity contribution is 0.200. The summed E-state index contributed by atoms with van der Waals surface area (Å²) in [5.74, 6) is 0.859. The number of anilines is 1. The summed E-state index contributed by atoms with van der Waals surface area (Å²) in [4.78, 5) is 4.41. The highest BCUT2D eigenvalue weighted by molar-refractivity contribution is 7.09. The van der Waals surface area contributed by atoms with Crippen LogP contribution in [0, 0.1) is 0 Å². The van der Waals surface area contributed by atoms with E-state index in [4.69, 9.17) is 16.3 Å². The molecule has 1 aromatic heterocycles. The van der Waals surface area contributed by atoms with Crippen LogP contribution in [0.2, 0.25) is 0 Å². The van der Waals surface area contributed by atoms with Gasteiger partial charge in [0.05, 0.1) is 12.0 Å². The van der Waals surface area contributed by atoms with Gasteiger partial charge in [-0.15, -0.1) is 11.6 Å². The molecule has 0 saturated carbocycles. The Kier molecular flexibility index (Phi) is 4.95. The number of halogens is 1. The molecule has 0 aliphatic rings. The highest BCUT2D eigenvalue weighted by Crippen LogP contribution is 2.22. The average molecular weight is 264 g/mol. The van der Waals surface area contributed by atoms with E-state index in [9.17, 15) is 0 Å². The van der Waals surface area contributed by atoms with Crippen LogP contribution in [-0.4, -0.2) is 35.0 Å². The van der Waals surface area contributed by atoms with Crippen LogP contribution < -0.4 is 5.32 Å². The molecule has 92 valence electrons. The standard InChI is InChI=1S/C10H18ClN3OS/c1-10(2,3)8-13-9(16-14-8)12-5-7(11)6-15-4/h7H,5-6H2,1-4H3,(H,12,13,14). The number of aromatic nitrogens is 2. The zero-order valence-electron chi connectivity index (χ0n) is 10.1. The van der Waals surface area contributed by atoms with Crippen LogP contribution in [-0.2, 0) is 10.2 Å². The molecule has 0 amide bonds. The Morgan fingerprint density at radius 1 is 1.50 bits per heavy atom. The van der Waals surface area contributed by atoms with E-state index in [1.165, 1.54) is 11.5 Å². The van der Waals surface area contributed by atoms with E-state index in [0.717, 1.165) is 11.0 Å². The van der Waals surface area contributed by atoms with Gasteiger partial charge in [0, 0.05) is 30.6 Å². The molecule has 1 aromatic rings. The molecule has 6 heteroatoms. The monoisotopic (exact) mass is 263 g/mol. The smallest absolute Gasteiger partial charge is 0.202 e. The van der Waals surface area contributed by atoms with Gasteiger partial charge >= 0.3 is 0 Å². The molecule has 0 bridgehead atoms. The van der Waals surface area contributed by atoms with E-state index in [-0.39, 0.29) is 10.8 Å². The molecule has 4 nitrogen and oxygen atoms in total. The van der Waals surface area contributed by atoms with Crippen LogP contribution in [0.3, 0.4) is 0 Å². The number of alkyl halides is 1. The van der Waals surface area contributed by atoms with Crippen molar-refractivity contribution in [1.29, 1.82) is 0 Å². The summed E-state index contributed by atoms with van der Waals surface area (Å²) in [5, 5.41) is 3.92. The fourth-order valence-electron chi connectivity index (χ4n) is 1.04. The normalized spacial score (nSPS) is 13.8. The van der Waals surface area contributed by atoms with Gasteiger partial charge in [-0.25, -0.2) is 4.98 Å². The molecule has 0 aliphatic heterocycles. The van der Waals surface area contributed by atoms with Crippen molar-refractivity contribution in [2.75, 3.05) is 25.6 Å². The number of ether oxygens (including phenoxy) is 1. The second kappa shape index (κ2) is 5.80. The minimum absolute atomic E-state index is 0.0106. The van der Waals surface area contributed by atoms with Gasteiger partial charge < -0.3 is 10.1 Å². The Morgan fingerprint density at radius 2 is 2.19 bits per heavy atom. The zero-order valence-corrected chi connectivity index (χ0v) is 11.7. The Hall–Kier alpha value is -0.390. The van der Waals surface area contributed by atoms with Gasteiger partial charge in [0.25, 0.3) is 0 Å². The van der Waals surface area contributed by atoms with Crippen LogP contribution in [0.15, 0.2) is 0 Å². The van der Waals surface area contributed by atoms with E-state index in [0.29, 0.717) is 13.2 Å². The fourth-order valence-corrected chi connectivity index (χ4v) is 2.00. The molecular weight excluding hydrogens is 246 g/mol. The van der Waals surface area contributed by atoms with Crippen molar-refractivity contribution in [2.45, 2.75) is 31.6 Å². The van der Waals surface area contributed by atoms with E-state index in [1.54, 1.807) is 7.11 Å². The number of nitrogens with one attached hydrogen (secondary N) is 1. The molecule has 0 saturated heterocycles. The summed E-state index contributed by atoms with van der Waals surface area (Å²) in [7, 11) is 1.64. The van der Waals surface area contributed by atoms with Gasteiger partial charge in [0.1, 0.15) is 5.82 Å². The predicted octanol–water partition coefficient (Wildman–Crippen LogP) is 2.50. The minimum Gasteiger partial charge on any atom is -0.383 e. The summed E-state index contributed by atoms with van der Waals surface area (Å²) >= 11 is 7.36. The Labute approximate surface area is 106 Å². The maximum Gasteiger partial charge on any atom is 0.202 e. The quantitative estimate of drug-likeness (QED) is 0.830. The summed E-state index contributed by atoms with van der Waals surface area (Å²) in [6, 6.07) is 0. The molecular formula is C10H18ClN3OS. The first-order valence-corrected chi connectivity index (χ1v) is 6.35. The van der Waals surface area contributed by atoms with E-state index in [1.807, 2.05) is 0 Å². The first-order chi connectivity index (χ1) is 7.43. The number of methoxy groups -OCH3 is 1. The summed E-state index contributed by atoms with van der Waals surface area (Å²) in [6.45, 7) is 7.43. The van der Waals surface area contributed by atoms with Crippen molar-refractivity contribution in [3.05, 3.63) is 5.82 Å². The zero-order chi connectivity index (χ0) is 12.2. The Morgan fingerprint density at radius 3 is 2.69 bits per heavy atom. The number of hydrogen-bond donors (Lipinski definition) is 1. The second-order valence-electron chi connectivity index (χ2n) is 4.61. The lowest BCUT2D eigenvalue weighted by Gasteiger charge is -2.12. The van der Waals surface area contributed by atoms with Crippen LogP contribution in [0.4, 0.5) is 5.13 Å². The van der Waals surface area contributed by atoms with Crippen molar-refractivity contribution in [2.24, 2.45) is 0 Å². The molecule has 1 atom stereocenters. The summed E-state index contributed by atoms with van der Waals surface area (Å²) < 4.78 is 9.25. The minimum atomic E-state index is -0.0491. The molecule has 0 aromatic carbocycles. The predicted molar refractivity (Wildman–Crippen MR) is 68.6 cm³/mol. The highest BCUT2D eigenvalue weighted by Gasteiger charge is 2.19. The van der Waals surface area contributed by atoms with Crippen LogP contribution in [0.25, 0.3) is 0 Å². The Bertz CT molecular complexity index is 324. The van der Waals surface area contributed by atoms with Gasteiger partial charge in [-0.3, -0.25) is 0 Å². The average Bonchev–Trinajstić information content (AvgIpc) is 2.63. The molecule has 0 aliphatic carbocycles. The second-order valence-corrected chi connectivity index (χ2v) is 5.98. The lowest BCUT2D eigenvalue weighted by atomic mass is 9.96. The lowest BCUT2D eigenvalue weighted by Crippen LogP contribution is -2.19. The number of nitrogens with zero attached hydrogens (tertiary/aromatic N) is 2. The van der Waals surface area contributed by atoms with Crippen molar-refractivity contribution in [1.82, 2.24) is 9.36 Å². The first kappa shape index (κ1) is 13.7. The van der Waals surface area contributed by atoms with E-state index in [2.05, 4.69) is 35.4 Å². The third-order valence-electron chi connectivity index (χ3n) is 1.92. The molecule has 1 rings (SSSR count). The SMILES string of the molecule is COCC(Cl)CNc1nc(C(C)(C)C)ns1.